The average molecular weight is 156 g/mol. The van der Waals surface area contributed by atoms with E-state index in [4.69, 9.17) is 17.3 Å². The maximum Gasteiger partial charge on any atom is 0.153 e. The van der Waals surface area contributed by atoms with Gasteiger partial charge in [-0.2, -0.15) is 0 Å². The molecule has 0 saturated heterocycles. The second-order valence-corrected chi connectivity index (χ2v) is 2.05. The number of aromatic nitrogens is 1. The van der Waals surface area contributed by atoms with E-state index < -0.39 is 0 Å². The fraction of sp³-hybridized carbons (Fsp3) is 0. The molecule has 1 aromatic heterocycles. The van der Waals surface area contributed by atoms with Crippen LogP contribution in [0.2, 0.25) is 5.02 Å². The summed E-state index contributed by atoms with van der Waals surface area (Å²) in [4.78, 5) is 7.59. The highest BCUT2D eigenvalue weighted by Gasteiger charge is 1.87. The van der Waals surface area contributed by atoms with Crippen molar-refractivity contribution in [2.75, 3.05) is 0 Å². The van der Waals surface area contributed by atoms with Gasteiger partial charge >= 0.3 is 0 Å². The topological polar surface area (TPSA) is 51.3 Å². The van der Waals surface area contributed by atoms with Gasteiger partial charge in [-0.1, -0.05) is 11.6 Å². The predicted octanol–water partition coefficient (Wildman–Crippen LogP) is 1.35. The highest BCUT2D eigenvalue weighted by Crippen LogP contribution is 2.10. The third-order valence-corrected chi connectivity index (χ3v) is 1.14. The molecule has 4 heteroatoms. The molecule has 0 fully saturated rings. The molecule has 1 aromatic rings. The Balaban J connectivity index is 2.89. The van der Waals surface area contributed by atoms with Crippen LogP contribution in [0.3, 0.4) is 0 Å². The van der Waals surface area contributed by atoms with E-state index >= 15 is 0 Å². The van der Waals surface area contributed by atoms with Crippen molar-refractivity contribution in [3.05, 3.63) is 23.4 Å². The molecule has 0 unspecified atom stereocenters. The summed E-state index contributed by atoms with van der Waals surface area (Å²) in [5, 5.41) is 0.593. The van der Waals surface area contributed by atoms with Gasteiger partial charge in [0.1, 0.15) is 0 Å². The second kappa shape index (κ2) is 3.17. The molecular formula is C6H6ClN3. The van der Waals surface area contributed by atoms with Crippen LogP contribution in [-0.2, 0) is 0 Å². The highest BCUT2D eigenvalue weighted by atomic mass is 35.5. The molecule has 0 aliphatic rings. The van der Waals surface area contributed by atoms with E-state index in [-0.39, 0.29) is 0 Å². The quantitative estimate of drug-likeness (QED) is 0.492. The van der Waals surface area contributed by atoms with Crippen molar-refractivity contribution in [2.24, 2.45) is 10.7 Å². The van der Waals surface area contributed by atoms with E-state index in [0.29, 0.717) is 10.8 Å². The minimum absolute atomic E-state index is 0.562. The van der Waals surface area contributed by atoms with Gasteiger partial charge in [0, 0.05) is 6.20 Å². The molecule has 1 rings (SSSR count). The first kappa shape index (κ1) is 7.02. The molecule has 0 atom stereocenters. The van der Waals surface area contributed by atoms with Gasteiger partial charge in [0.15, 0.2) is 5.82 Å². The van der Waals surface area contributed by atoms with Crippen LogP contribution >= 0.6 is 11.6 Å². The summed E-state index contributed by atoms with van der Waals surface area (Å²) in [7, 11) is 0. The van der Waals surface area contributed by atoms with Crippen molar-refractivity contribution in [3.63, 3.8) is 0 Å². The van der Waals surface area contributed by atoms with Crippen molar-refractivity contribution in [2.45, 2.75) is 0 Å². The summed E-state index contributed by atoms with van der Waals surface area (Å²) in [6, 6.07) is 3.39. The molecule has 0 aliphatic carbocycles. The van der Waals surface area contributed by atoms with E-state index in [1.807, 2.05) is 0 Å². The number of hydrogen-bond donors (Lipinski definition) is 1. The van der Waals surface area contributed by atoms with Crippen LogP contribution < -0.4 is 5.73 Å². The standard InChI is InChI=1S/C6H6ClN3/c7-5-1-2-6(9-3-5)10-4-8/h1-4H,(H2,8,9,10). The third kappa shape index (κ3) is 1.70. The zero-order valence-electron chi connectivity index (χ0n) is 5.16. The Labute approximate surface area is 63.6 Å². The Morgan fingerprint density at radius 1 is 1.60 bits per heavy atom. The molecule has 2 N–H and O–H groups in total. The zero-order chi connectivity index (χ0) is 7.40. The first-order valence-electron chi connectivity index (χ1n) is 2.69. The average Bonchev–Trinajstić information content (AvgIpc) is 1.95. The van der Waals surface area contributed by atoms with Gasteiger partial charge in [-0.05, 0) is 12.1 Å². The molecule has 3 nitrogen and oxygen atoms in total. The smallest absolute Gasteiger partial charge is 0.153 e. The first-order chi connectivity index (χ1) is 4.83. The normalized spacial score (nSPS) is 10.5. The van der Waals surface area contributed by atoms with Crippen molar-refractivity contribution >= 4 is 23.8 Å². The van der Waals surface area contributed by atoms with Gasteiger partial charge < -0.3 is 5.73 Å². The van der Waals surface area contributed by atoms with E-state index in [0.717, 1.165) is 0 Å². The highest BCUT2D eigenvalue weighted by molar-refractivity contribution is 6.30. The van der Waals surface area contributed by atoms with Crippen molar-refractivity contribution < 1.29 is 0 Å². The van der Waals surface area contributed by atoms with Gasteiger partial charge in [-0.25, -0.2) is 9.98 Å². The maximum absolute atomic E-state index is 5.57. The largest absolute Gasteiger partial charge is 0.390 e. The molecular weight excluding hydrogens is 150 g/mol. The lowest BCUT2D eigenvalue weighted by Gasteiger charge is -1.89. The Hall–Kier alpha value is -1.09. The van der Waals surface area contributed by atoms with Crippen LogP contribution in [0.15, 0.2) is 23.3 Å². The van der Waals surface area contributed by atoms with Crippen LogP contribution in [0, 0.1) is 0 Å². The van der Waals surface area contributed by atoms with Gasteiger partial charge in [0.25, 0.3) is 0 Å². The Kier molecular flexibility index (Phi) is 2.23. The minimum atomic E-state index is 0.562. The van der Waals surface area contributed by atoms with Crippen molar-refractivity contribution in [1.29, 1.82) is 0 Å². The molecule has 0 saturated carbocycles. The Bertz CT molecular complexity index is 229. The van der Waals surface area contributed by atoms with Crippen LogP contribution in [0.4, 0.5) is 5.82 Å². The molecule has 0 aromatic carbocycles. The molecule has 0 aliphatic heterocycles. The lowest BCUT2D eigenvalue weighted by Crippen LogP contribution is -1.86. The first-order valence-corrected chi connectivity index (χ1v) is 3.06. The predicted molar refractivity (Wildman–Crippen MR) is 41.6 cm³/mol. The summed E-state index contributed by atoms with van der Waals surface area (Å²) in [5.41, 5.74) is 5.03. The minimum Gasteiger partial charge on any atom is -0.390 e. The summed E-state index contributed by atoms with van der Waals surface area (Å²) in [5.74, 6) is 0.562. The van der Waals surface area contributed by atoms with E-state index in [2.05, 4.69) is 9.98 Å². The number of hydrogen-bond acceptors (Lipinski definition) is 2. The summed E-state index contributed by atoms with van der Waals surface area (Å²) >= 11 is 5.57. The second-order valence-electron chi connectivity index (χ2n) is 1.61. The number of halogens is 1. The lowest BCUT2D eigenvalue weighted by molar-refractivity contribution is 1.28. The molecule has 0 bridgehead atoms. The van der Waals surface area contributed by atoms with Gasteiger partial charge in [0.2, 0.25) is 0 Å². The number of rotatable bonds is 1. The van der Waals surface area contributed by atoms with Crippen LogP contribution in [0.5, 0.6) is 0 Å². The van der Waals surface area contributed by atoms with Crippen molar-refractivity contribution in [1.82, 2.24) is 4.98 Å². The lowest BCUT2D eigenvalue weighted by atomic mass is 10.5. The van der Waals surface area contributed by atoms with Crippen LogP contribution in [0.25, 0.3) is 0 Å². The Morgan fingerprint density at radius 3 is 2.90 bits per heavy atom. The molecule has 52 valence electrons. The SMILES string of the molecule is NC=Nc1ccc(Cl)cn1. The number of pyridine rings is 1. The van der Waals surface area contributed by atoms with E-state index in [1.165, 1.54) is 12.5 Å². The number of nitrogens with two attached hydrogens (primary N) is 1. The number of nitrogens with zero attached hydrogens (tertiary/aromatic N) is 2. The molecule has 0 amide bonds. The maximum atomic E-state index is 5.57. The zero-order valence-corrected chi connectivity index (χ0v) is 5.92. The fourth-order valence-corrected chi connectivity index (χ4v) is 0.633. The van der Waals surface area contributed by atoms with Gasteiger partial charge in [-0.15, -0.1) is 0 Å². The molecule has 0 spiro atoms. The molecule has 1 heterocycles. The monoisotopic (exact) mass is 155 g/mol. The van der Waals surface area contributed by atoms with Gasteiger partial charge in [-0.3, -0.25) is 0 Å². The molecule has 10 heavy (non-hydrogen) atoms. The summed E-state index contributed by atoms with van der Waals surface area (Å²) in [6.45, 7) is 0. The number of aliphatic imine (C=N–C) groups is 1. The van der Waals surface area contributed by atoms with E-state index in [9.17, 15) is 0 Å². The summed E-state index contributed by atoms with van der Waals surface area (Å²) < 4.78 is 0. The Morgan fingerprint density at radius 2 is 2.40 bits per heavy atom. The molecule has 0 radical (unpaired) electrons. The third-order valence-electron chi connectivity index (χ3n) is 0.919. The van der Waals surface area contributed by atoms with E-state index in [1.54, 1.807) is 12.1 Å². The van der Waals surface area contributed by atoms with Crippen LogP contribution in [0.1, 0.15) is 0 Å². The van der Waals surface area contributed by atoms with Gasteiger partial charge in [0.05, 0.1) is 11.4 Å². The fourth-order valence-electron chi connectivity index (χ4n) is 0.521. The van der Waals surface area contributed by atoms with Crippen molar-refractivity contribution in [3.8, 4) is 0 Å². The summed E-state index contributed by atoms with van der Waals surface area (Å²) in [6.07, 6.45) is 2.71. The van der Waals surface area contributed by atoms with Crippen LogP contribution in [-0.4, -0.2) is 11.3 Å².